The zero-order valence-corrected chi connectivity index (χ0v) is 13.0. The normalized spacial score (nSPS) is 24.6. The van der Waals surface area contributed by atoms with E-state index in [0.717, 1.165) is 25.2 Å². The third-order valence-corrected chi connectivity index (χ3v) is 4.44. The van der Waals surface area contributed by atoms with E-state index < -0.39 is 0 Å². The number of rotatable bonds is 3. The van der Waals surface area contributed by atoms with Crippen LogP contribution in [0.15, 0.2) is 30.5 Å². The molecule has 112 valence electrons. The SMILES string of the molecule is Cc1ncccc1N1C[C@@H]2C[C@@H]1CN2C(=O)/C=C/C(C)C. The fourth-order valence-corrected chi connectivity index (χ4v) is 3.38. The van der Waals surface area contributed by atoms with Crippen LogP contribution in [0.5, 0.6) is 0 Å². The number of amides is 1. The van der Waals surface area contributed by atoms with E-state index in [1.165, 1.54) is 5.69 Å². The van der Waals surface area contributed by atoms with Crippen LogP contribution in [-0.4, -0.2) is 41.0 Å². The second-order valence-corrected chi connectivity index (χ2v) is 6.40. The molecule has 1 aromatic rings. The van der Waals surface area contributed by atoms with Gasteiger partial charge in [0.05, 0.1) is 17.4 Å². The van der Waals surface area contributed by atoms with Crippen molar-refractivity contribution in [3.8, 4) is 0 Å². The van der Waals surface area contributed by atoms with Gasteiger partial charge in [-0.2, -0.15) is 0 Å². The zero-order chi connectivity index (χ0) is 15.0. The fourth-order valence-electron chi connectivity index (χ4n) is 3.38. The number of hydrogen-bond acceptors (Lipinski definition) is 3. The Morgan fingerprint density at radius 2 is 2.19 bits per heavy atom. The van der Waals surface area contributed by atoms with Crippen molar-refractivity contribution in [2.24, 2.45) is 5.92 Å². The van der Waals surface area contributed by atoms with Gasteiger partial charge in [0, 0.05) is 25.3 Å². The number of hydrogen-bond donors (Lipinski definition) is 0. The van der Waals surface area contributed by atoms with Gasteiger partial charge in [-0.1, -0.05) is 19.9 Å². The highest BCUT2D eigenvalue weighted by atomic mass is 16.2. The van der Waals surface area contributed by atoms with Gasteiger partial charge in [0.2, 0.25) is 5.91 Å². The van der Waals surface area contributed by atoms with Crippen molar-refractivity contribution < 1.29 is 4.79 Å². The minimum Gasteiger partial charge on any atom is -0.363 e. The summed E-state index contributed by atoms with van der Waals surface area (Å²) < 4.78 is 0. The average Bonchev–Trinajstić information content (AvgIpc) is 3.05. The Bertz CT molecular complexity index is 567. The predicted octanol–water partition coefficient (Wildman–Crippen LogP) is 2.39. The van der Waals surface area contributed by atoms with Gasteiger partial charge >= 0.3 is 0 Å². The van der Waals surface area contributed by atoms with E-state index in [1.54, 1.807) is 6.08 Å². The maximum Gasteiger partial charge on any atom is 0.246 e. The van der Waals surface area contributed by atoms with Crippen molar-refractivity contribution in [2.45, 2.75) is 39.3 Å². The molecule has 3 rings (SSSR count). The summed E-state index contributed by atoms with van der Waals surface area (Å²) in [6.07, 6.45) is 6.64. The molecule has 2 bridgehead atoms. The molecule has 0 unspecified atom stereocenters. The molecule has 0 spiro atoms. The number of nitrogens with zero attached hydrogens (tertiary/aromatic N) is 3. The summed E-state index contributed by atoms with van der Waals surface area (Å²) in [5.74, 6) is 0.585. The first-order valence-electron chi connectivity index (χ1n) is 7.73. The molecule has 0 N–H and O–H groups in total. The standard InChI is InChI=1S/C17H23N3O/c1-12(2)6-7-17(21)20-11-14-9-15(20)10-19(14)16-5-4-8-18-13(16)3/h4-8,12,14-15H,9-11H2,1-3H3/b7-6+/t14-,15+/m1/s1. The van der Waals surface area contributed by atoms with Crippen LogP contribution in [0.3, 0.4) is 0 Å². The molecule has 4 nitrogen and oxygen atoms in total. The van der Waals surface area contributed by atoms with Gasteiger partial charge in [-0.25, -0.2) is 0 Å². The van der Waals surface area contributed by atoms with E-state index in [1.807, 2.05) is 23.2 Å². The number of piperazine rings is 1. The lowest BCUT2D eigenvalue weighted by Crippen LogP contribution is -2.48. The molecule has 1 aromatic heterocycles. The highest BCUT2D eigenvalue weighted by Crippen LogP contribution is 2.35. The molecule has 1 amide bonds. The summed E-state index contributed by atoms with van der Waals surface area (Å²) in [6, 6.07) is 4.91. The average molecular weight is 285 g/mol. The van der Waals surface area contributed by atoms with Crippen LogP contribution >= 0.6 is 0 Å². The van der Waals surface area contributed by atoms with Crippen LogP contribution in [0, 0.1) is 12.8 Å². The maximum atomic E-state index is 12.3. The van der Waals surface area contributed by atoms with Gasteiger partial charge < -0.3 is 9.80 Å². The van der Waals surface area contributed by atoms with Gasteiger partial charge in [0.1, 0.15) is 0 Å². The number of anilines is 1. The Morgan fingerprint density at radius 3 is 2.81 bits per heavy atom. The van der Waals surface area contributed by atoms with Crippen LogP contribution in [-0.2, 0) is 4.79 Å². The molecular weight excluding hydrogens is 262 g/mol. The van der Waals surface area contributed by atoms with Crippen molar-refractivity contribution >= 4 is 11.6 Å². The highest BCUT2D eigenvalue weighted by Gasteiger charge is 2.45. The number of aryl methyl sites for hydroxylation is 1. The summed E-state index contributed by atoms with van der Waals surface area (Å²) in [4.78, 5) is 21.1. The molecule has 0 aromatic carbocycles. The van der Waals surface area contributed by atoms with Crippen molar-refractivity contribution in [3.05, 3.63) is 36.2 Å². The van der Waals surface area contributed by atoms with Crippen LogP contribution in [0.2, 0.25) is 0 Å². The topological polar surface area (TPSA) is 36.4 Å². The number of pyridine rings is 1. The molecule has 2 aliphatic rings. The molecule has 2 fully saturated rings. The van der Waals surface area contributed by atoms with E-state index in [4.69, 9.17) is 0 Å². The zero-order valence-electron chi connectivity index (χ0n) is 13.0. The molecular formula is C17H23N3O. The first-order chi connectivity index (χ1) is 10.1. The lowest BCUT2D eigenvalue weighted by Gasteiger charge is -2.35. The smallest absolute Gasteiger partial charge is 0.246 e. The first kappa shape index (κ1) is 14.1. The molecule has 21 heavy (non-hydrogen) atoms. The molecule has 0 aliphatic carbocycles. The number of allylic oxidation sites excluding steroid dienone is 1. The third-order valence-electron chi connectivity index (χ3n) is 4.44. The molecule has 4 heteroatoms. The van der Waals surface area contributed by atoms with Gasteiger partial charge in [-0.05, 0) is 37.5 Å². The summed E-state index contributed by atoms with van der Waals surface area (Å²) in [5, 5.41) is 0. The molecule has 2 atom stereocenters. The fraction of sp³-hybridized carbons (Fsp3) is 0.529. The second-order valence-electron chi connectivity index (χ2n) is 6.40. The summed E-state index contributed by atoms with van der Waals surface area (Å²) >= 11 is 0. The van der Waals surface area contributed by atoms with E-state index in [2.05, 4.69) is 36.7 Å². The van der Waals surface area contributed by atoms with Crippen LogP contribution in [0.4, 0.5) is 5.69 Å². The molecule has 0 saturated carbocycles. The predicted molar refractivity (Wildman–Crippen MR) is 84.2 cm³/mol. The van der Waals surface area contributed by atoms with Crippen LogP contribution < -0.4 is 4.90 Å². The second kappa shape index (κ2) is 5.51. The van der Waals surface area contributed by atoms with Crippen molar-refractivity contribution in [1.29, 1.82) is 0 Å². The molecule has 2 saturated heterocycles. The molecule has 0 radical (unpaired) electrons. The number of aromatic nitrogens is 1. The number of fused-ring (bicyclic) bond motifs is 2. The quantitative estimate of drug-likeness (QED) is 0.800. The van der Waals surface area contributed by atoms with Gasteiger partial charge in [-0.15, -0.1) is 0 Å². The maximum absolute atomic E-state index is 12.3. The summed E-state index contributed by atoms with van der Waals surface area (Å²) in [6.45, 7) is 7.99. The van der Waals surface area contributed by atoms with Crippen LogP contribution in [0.25, 0.3) is 0 Å². The van der Waals surface area contributed by atoms with Crippen molar-refractivity contribution in [2.75, 3.05) is 18.0 Å². The van der Waals surface area contributed by atoms with Gasteiger partial charge in [0.25, 0.3) is 0 Å². The monoisotopic (exact) mass is 285 g/mol. The van der Waals surface area contributed by atoms with Gasteiger partial charge in [0.15, 0.2) is 0 Å². The number of carbonyl (C=O) groups excluding carboxylic acids is 1. The van der Waals surface area contributed by atoms with E-state index >= 15 is 0 Å². The summed E-state index contributed by atoms with van der Waals surface area (Å²) in [5.41, 5.74) is 2.29. The first-order valence-corrected chi connectivity index (χ1v) is 7.73. The lowest BCUT2D eigenvalue weighted by molar-refractivity contribution is -0.127. The summed E-state index contributed by atoms with van der Waals surface area (Å²) in [7, 11) is 0. The largest absolute Gasteiger partial charge is 0.363 e. The Hall–Kier alpha value is -1.84. The number of carbonyl (C=O) groups is 1. The Balaban J connectivity index is 1.69. The number of likely N-dealkylation sites (tertiary alicyclic amines) is 1. The Labute approximate surface area is 126 Å². The Morgan fingerprint density at radius 1 is 1.38 bits per heavy atom. The van der Waals surface area contributed by atoms with E-state index in [0.29, 0.717) is 18.0 Å². The highest BCUT2D eigenvalue weighted by molar-refractivity contribution is 5.88. The van der Waals surface area contributed by atoms with Gasteiger partial charge in [-0.3, -0.25) is 9.78 Å². The molecule has 2 aliphatic heterocycles. The molecule has 3 heterocycles. The van der Waals surface area contributed by atoms with E-state index in [-0.39, 0.29) is 5.91 Å². The van der Waals surface area contributed by atoms with Crippen molar-refractivity contribution in [1.82, 2.24) is 9.88 Å². The minimum atomic E-state index is 0.166. The minimum absolute atomic E-state index is 0.166. The van der Waals surface area contributed by atoms with Crippen molar-refractivity contribution in [3.63, 3.8) is 0 Å². The lowest BCUT2D eigenvalue weighted by atomic mass is 10.2. The third kappa shape index (κ3) is 2.67. The Kier molecular flexibility index (Phi) is 3.70. The van der Waals surface area contributed by atoms with E-state index in [9.17, 15) is 4.79 Å². The van der Waals surface area contributed by atoms with Crippen LogP contribution in [0.1, 0.15) is 26.0 Å².